The number of hydrogen-bond donors (Lipinski definition) is 1. The Bertz CT molecular complexity index is 798. The molecule has 1 atom stereocenters. The van der Waals surface area contributed by atoms with E-state index in [1.165, 1.54) is 16.2 Å². The second kappa shape index (κ2) is 7.58. The summed E-state index contributed by atoms with van der Waals surface area (Å²) in [4.78, 5) is 26.2. The van der Waals surface area contributed by atoms with Crippen molar-refractivity contribution in [3.05, 3.63) is 50.9 Å². The van der Waals surface area contributed by atoms with Gasteiger partial charge in [-0.05, 0) is 61.9 Å². The van der Waals surface area contributed by atoms with E-state index in [4.69, 9.17) is 16.3 Å². The monoisotopic (exact) mass is 377 g/mol. The number of carbonyl (C=O) groups excluding carboxylic acids is 2. The van der Waals surface area contributed by atoms with Crippen molar-refractivity contribution in [3.63, 3.8) is 0 Å². The van der Waals surface area contributed by atoms with Crippen LogP contribution in [-0.2, 0) is 17.6 Å². The fraction of sp³-hybridized carbons (Fsp3) is 0.368. The Hall–Kier alpha value is -1.85. The standard InChI is InChI=1S/C19H20ClNO3S/c1-3-24-19(23)16-14-9-4-11(2)10-15(14)25-18(16)21-17(22)12-5-7-13(20)8-6-12/h5-8,11H,3-4,9-10H2,1-2H3,(H,21,22)/t11-/m1/s1. The molecular weight excluding hydrogens is 358 g/mol. The van der Waals surface area contributed by atoms with E-state index in [-0.39, 0.29) is 11.9 Å². The van der Waals surface area contributed by atoms with E-state index in [2.05, 4.69) is 12.2 Å². The summed E-state index contributed by atoms with van der Waals surface area (Å²) in [5.74, 6) is -0.0316. The maximum Gasteiger partial charge on any atom is 0.341 e. The van der Waals surface area contributed by atoms with Gasteiger partial charge in [-0.15, -0.1) is 11.3 Å². The van der Waals surface area contributed by atoms with Crippen molar-refractivity contribution in [1.29, 1.82) is 0 Å². The van der Waals surface area contributed by atoms with Crippen LogP contribution in [0, 0.1) is 5.92 Å². The Morgan fingerprint density at radius 3 is 2.72 bits per heavy atom. The fourth-order valence-corrected chi connectivity index (χ4v) is 4.55. The number of amides is 1. The summed E-state index contributed by atoms with van der Waals surface area (Å²) < 4.78 is 5.22. The highest BCUT2D eigenvalue weighted by Crippen LogP contribution is 2.40. The third-order valence-electron chi connectivity index (χ3n) is 4.32. The maximum absolute atomic E-state index is 12.5. The molecule has 0 saturated carbocycles. The first-order chi connectivity index (χ1) is 12.0. The number of hydrogen-bond acceptors (Lipinski definition) is 4. The summed E-state index contributed by atoms with van der Waals surface area (Å²) in [7, 11) is 0. The second-order valence-electron chi connectivity index (χ2n) is 6.24. The number of fused-ring (bicyclic) bond motifs is 1. The number of benzene rings is 1. The lowest BCUT2D eigenvalue weighted by Crippen LogP contribution is -2.16. The molecule has 0 fully saturated rings. The zero-order chi connectivity index (χ0) is 18.0. The highest BCUT2D eigenvalue weighted by molar-refractivity contribution is 7.17. The number of esters is 1. The lowest BCUT2D eigenvalue weighted by Gasteiger charge is -2.18. The normalized spacial score (nSPS) is 16.2. The Balaban J connectivity index is 1.93. The van der Waals surface area contributed by atoms with Crippen LogP contribution < -0.4 is 5.32 Å². The van der Waals surface area contributed by atoms with Gasteiger partial charge in [0.2, 0.25) is 0 Å². The van der Waals surface area contributed by atoms with E-state index in [0.29, 0.717) is 33.7 Å². The molecule has 0 unspecified atom stereocenters. The molecule has 2 aromatic rings. The highest BCUT2D eigenvalue weighted by Gasteiger charge is 2.29. The number of ether oxygens (including phenoxy) is 1. The minimum Gasteiger partial charge on any atom is -0.462 e. The Morgan fingerprint density at radius 1 is 1.32 bits per heavy atom. The van der Waals surface area contributed by atoms with Gasteiger partial charge in [-0.3, -0.25) is 4.79 Å². The summed E-state index contributed by atoms with van der Waals surface area (Å²) in [6.07, 6.45) is 2.82. The molecular formula is C19H20ClNO3S. The summed E-state index contributed by atoms with van der Waals surface area (Å²) in [5, 5.41) is 4.05. The molecule has 0 bridgehead atoms. The van der Waals surface area contributed by atoms with Gasteiger partial charge in [0.25, 0.3) is 5.91 Å². The highest BCUT2D eigenvalue weighted by atomic mass is 35.5. The van der Waals surface area contributed by atoms with Crippen molar-refractivity contribution in [2.45, 2.75) is 33.1 Å². The molecule has 1 aliphatic rings. The molecule has 1 N–H and O–H groups in total. The van der Waals surface area contributed by atoms with E-state index < -0.39 is 0 Å². The minimum absolute atomic E-state index is 0.256. The van der Waals surface area contributed by atoms with Gasteiger partial charge in [-0.2, -0.15) is 0 Å². The smallest absolute Gasteiger partial charge is 0.341 e. The first-order valence-electron chi connectivity index (χ1n) is 8.38. The minimum atomic E-state index is -0.360. The van der Waals surface area contributed by atoms with Crippen LogP contribution >= 0.6 is 22.9 Å². The van der Waals surface area contributed by atoms with Crippen LogP contribution in [0.1, 0.15) is 51.4 Å². The topological polar surface area (TPSA) is 55.4 Å². The van der Waals surface area contributed by atoms with E-state index in [0.717, 1.165) is 24.8 Å². The Labute approximate surface area is 156 Å². The lowest BCUT2D eigenvalue weighted by atomic mass is 9.88. The molecule has 1 heterocycles. The largest absolute Gasteiger partial charge is 0.462 e. The van der Waals surface area contributed by atoms with Crippen LogP contribution in [0.25, 0.3) is 0 Å². The summed E-state index contributed by atoms with van der Waals surface area (Å²) in [6, 6.07) is 6.67. The molecule has 4 nitrogen and oxygen atoms in total. The molecule has 1 amide bonds. The molecule has 0 saturated heterocycles. The van der Waals surface area contributed by atoms with Gasteiger partial charge in [0.05, 0.1) is 12.2 Å². The molecule has 0 aliphatic heterocycles. The average molecular weight is 378 g/mol. The van der Waals surface area contributed by atoms with Gasteiger partial charge >= 0.3 is 5.97 Å². The van der Waals surface area contributed by atoms with E-state index in [1.807, 2.05) is 0 Å². The number of carbonyl (C=O) groups is 2. The van der Waals surface area contributed by atoms with Crippen LogP contribution in [0.4, 0.5) is 5.00 Å². The lowest BCUT2D eigenvalue weighted by molar-refractivity contribution is 0.0526. The van der Waals surface area contributed by atoms with Crippen LogP contribution in [0.2, 0.25) is 5.02 Å². The SMILES string of the molecule is CCOC(=O)c1c(NC(=O)c2ccc(Cl)cc2)sc2c1CC[C@@H](C)C2. The maximum atomic E-state index is 12.5. The molecule has 0 radical (unpaired) electrons. The van der Waals surface area contributed by atoms with Gasteiger partial charge in [0, 0.05) is 15.5 Å². The van der Waals surface area contributed by atoms with Crippen LogP contribution in [0.15, 0.2) is 24.3 Å². The van der Waals surface area contributed by atoms with E-state index in [1.54, 1.807) is 31.2 Å². The number of thiophene rings is 1. The molecule has 1 aromatic heterocycles. The Kier molecular flexibility index (Phi) is 5.45. The predicted octanol–water partition coefficient (Wildman–Crippen LogP) is 4.96. The van der Waals surface area contributed by atoms with Crippen molar-refractivity contribution >= 4 is 39.8 Å². The third-order valence-corrected chi connectivity index (χ3v) is 5.75. The number of halogens is 1. The number of rotatable bonds is 4. The van der Waals surface area contributed by atoms with E-state index >= 15 is 0 Å². The first kappa shape index (κ1) is 18.0. The van der Waals surface area contributed by atoms with Crippen molar-refractivity contribution in [2.24, 2.45) is 5.92 Å². The number of anilines is 1. The van der Waals surface area contributed by atoms with Crippen molar-refractivity contribution in [3.8, 4) is 0 Å². The molecule has 132 valence electrons. The van der Waals surface area contributed by atoms with Gasteiger partial charge < -0.3 is 10.1 Å². The van der Waals surface area contributed by atoms with Gasteiger partial charge in [-0.1, -0.05) is 18.5 Å². The molecule has 1 aromatic carbocycles. The van der Waals surface area contributed by atoms with Gasteiger partial charge in [-0.25, -0.2) is 4.79 Å². The molecule has 6 heteroatoms. The third kappa shape index (κ3) is 3.88. The second-order valence-corrected chi connectivity index (χ2v) is 7.78. The predicted molar refractivity (Wildman–Crippen MR) is 101 cm³/mol. The van der Waals surface area contributed by atoms with Crippen LogP contribution in [-0.4, -0.2) is 18.5 Å². The van der Waals surface area contributed by atoms with Crippen molar-refractivity contribution in [2.75, 3.05) is 11.9 Å². The summed E-state index contributed by atoms with van der Waals surface area (Å²) >= 11 is 7.36. The Morgan fingerprint density at radius 2 is 2.04 bits per heavy atom. The quantitative estimate of drug-likeness (QED) is 0.766. The molecule has 3 rings (SSSR count). The molecule has 25 heavy (non-hydrogen) atoms. The van der Waals surface area contributed by atoms with Crippen molar-refractivity contribution < 1.29 is 14.3 Å². The zero-order valence-corrected chi connectivity index (χ0v) is 15.8. The zero-order valence-electron chi connectivity index (χ0n) is 14.2. The van der Waals surface area contributed by atoms with Crippen LogP contribution in [0.3, 0.4) is 0 Å². The van der Waals surface area contributed by atoms with Crippen LogP contribution in [0.5, 0.6) is 0 Å². The number of nitrogens with one attached hydrogen (secondary N) is 1. The average Bonchev–Trinajstić information content (AvgIpc) is 2.92. The summed E-state index contributed by atoms with van der Waals surface area (Å²) in [6.45, 7) is 4.30. The fourth-order valence-electron chi connectivity index (χ4n) is 3.03. The molecule has 1 aliphatic carbocycles. The van der Waals surface area contributed by atoms with E-state index in [9.17, 15) is 9.59 Å². The van der Waals surface area contributed by atoms with Gasteiger partial charge in [0.15, 0.2) is 0 Å². The van der Waals surface area contributed by atoms with Crippen molar-refractivity contribution in [1.82, 2.24) is 0 Å². The van der Waals surface area contributed by atoms with Gasteiger partial charge in [0.1, 0.15) is 5.00 Å². The molecule has 0 spiro atoms. The first-order valence-corrected chi connectivity index (χ1v) is 9.57. The summed E-state index contributed by atoms with van der Waals surface area (Å²) in [5.41, 5.74) is 2.06.